The van der Waals surface area contributed by atoms with E-state index in [2.05, 4.69) is 321 Å². The summed E-state index contributed by atoms with van der Waals surface area (Å²) in [7, 11) is 0. The van der Waals surface area contributed by atoms with Gasteiger partial charge in [0, 0.05) is 0 Å². The molecular weight excluding hydrogens is 925 g/mol. The van der Waals surface area contributed by atoms with Crippen molar-refractivity contribution in [2.75, 3.05) is 0 Å². The van der Waals surface area contributed by atoms with Crippen LogP contribution in [-0.4, -0.2) is 0 Å². The number of aryl methyl sites for hydroxylation is 7. The summed E-state index contributed by atoms with van der Waals surface area (Å²) in [5, 5.41) is 18.9. The Morgan fingerprint density at radius 3 is 1.19 bits per heavy atom. The fraction of sp³-hybridized carbons (Fsp3) is 0.0909. The van der Waals surface area contributed by atoms with E-state index in [1.807, 2.05) is 0 Å². The van der Waals surface area contributed by atoms with E-state index < -0.39 is 0 Å². The molecular formula is C77H66. The standard InChI is InChI=1S/C17H12.2C15H12.2C11H10.C8H10/c1-11-9-10-16-14-6-3-2-5-13(14)15-8-4-7-12(11)17(15)16;1-11-14-8-4-2-6-12(14)10-13-7-3-5-9-15(11)13;1-11-10-12-6-2-3-8-14(12)15-9-5-4-7-13(11)15;1-9-5-4-7-10-6-2-3-8-11(9)10;1-9-6-7-10-4-2-3-5-11(10)8-9;1-7-3-5-8(2)6-4-7/h2-10H,1H3;2*2-10H,1H3;2*2-8H,1H3;3-6H,1-2H3. The molecule has 0 heterocycles. The predicted octanol–water partition coefficient (Wildman–Crippen LogP) is 22.0. The Morgan fingerprint density at radius 2 is 0.584 bits per heavy atom. The fourth-order valence-corrected chi connectivity index (χ4v) is 10.8. The Morgan fingerprint density at radius 1 is 0.182 bits per heavy atom. The first-order chi connectivity index (χ1) is 37.6. The van der Waals surface area contributed by atoms with Crippen LogP contribution in [0, 0.1) is 48.5 Å². The van der Waals surface area contributed by atoms with Gasteiger partial charge in [0.05, 0.1) is 0 Å². The van der Waals surface area contributed by atoms with Crippen molar-refractivity contribution in [3.05, 3.63) is 312 Å². The molecule has 14 aromatic carbocycles. The Hall–Kier alpha value is -9.10. The van der Waals surface area contributed by atoms with Crippen LogP contribution in [0.15, 0.2) is 273 Å². The summed E-state index contributed by atoms with van der Waals surface area (Å²) in [4.78, 5) is 0. The van der Waals surface area contributed by atoms with Gasteiger partial charge in [-0.25, -0.2) is 0 Å². The molecule has 0 saturated carbocycles. The van der Waals surface area contributed by atoms with Gasteiger partial charge in [0.15, 0.2) is 0 Å². The topological polar surface area (TPSA) is 0 Å². The molecule has 0 aromatic heterocycles. The van der Waals surface area contributed by atoms with Crippen molar-refractivity contribution in [1.82, 2.24) is 0 Å². The van der Waals surface area contributed by atoms with Crippen LogP contribution in [0.4, 0.5) is 0 Å². The molecule has 0 nitrogen and oxygen atoms in total. The zero-order valence-corrected chi connectivity index (χ0v) is 45.5. The van der Waals surface area contributed by atoms with Crippen molar-refractivity contribution in [2.45, 2.75) is 48.5 Å². The van der Waals surface area contributed by atoms with Crippen LogP contribution in [0.1, 0.15) is 38.9 Å². The van der Waals surface area contributed by atoms with E-state index in [0.29, 0.717) is 0 Å². The lowest BCUT2D eigenvalue weighted by atomic mass is 9.98. The lowest BCUT2D eigenvalue weighted by Crippen LogP contribution is -1.81. The highest BCUT2D eigenvalue weighted by atomic mass is 14.2. The third-order valence-electron chi connectivity index (χ3n) is 14.9. The van der Waals surface area contributed by atoms with Crippen molar-refractivity contribution in [1.29, 1.82) is 0 Å². The molecule has 1 aliphatic carbocycles. The minimum Gasteiger partial charge on any atom is -0.0616 e. The Kier molecular flexibility index (Phi) is 15.8. The van der Waals surface area contributed by atoms with Crippen molar-refractivity contribution in [3.8, 4) is 22.3 Å². The van der Waals surface area contributed by atoms with Crippen LogP contribution in [0.25, 0.3) is 97.7 Å². The summed E-state index contributed by atoms with van der Waals surface area (Å²) in [6, 6.07) is 96.8. The summed E-state index contributed by atoms with van der Waals surface area (Å²) in [5.74, 6) is 0. The molecule has 15 rings (SSSR count). The summed E-state index contributed by atoms with van der Waals surface area (Å²) in [6.45, 7) is 15.0. The van der Waals surface area contributed by atoms with Gasteiger partial charge in [0.1, 0.15) is 0 Å². The Balaban J connectivity index is 0.000000106. The molecule has 0 bridgehead atoms. The SMILES string of the molecule is Cc1c2ccccc2cc2ccccc12.Cc1cc2ccccc2c2ccccc12.Cc1ccc(C)cc1.Cc1ccc2c3c(cccc13)-c1ccccc1-2.Cc1ccc2ccccc2c1.Cc1cccc2ccccc12. The third-order valence-corrected chi connectivity index (χ3v) is 14.9. The van der Waals surface area contributed by atoms with E-state index in [4.69, 9.17) is 0 Å². The molecule has 0 radical (unpaired) electrons. The van der Waals surface area contributed by atoms with Crippen LogP contribution < -0.4 is 0 Å². The maximum Gasteiger partial charge on any atom is -0.00237 e. The molecule has 0 fully saturated rings. The van der Waals surface area contributed by atoms with Crippen LogP contribution >= 0.6 is 0 Å². The van der Waals surface area contributed by atoms with Crippen LogP contribution in [0.3, 0.4) is 0 Å². The minimum atomic E-state index is 1.32. The zero-order valence-electron chi connectivity index (χ0n) is 45.5. The maximum atomic E-state index is 2.26. The van der Waals surface area contributed by atoms with Gasteiger partial charge < -0.3 is 0 Å². The van der Waals surface area contributed by atoms with Gasteiger partial charge in [0.2, 0.25) is 0 Å². The second-order valence-electron chi connectivity index (χ2n) is 20.4. The van der Waals surface area contributed by atoms with Crippen molar-refractivity contribution in [3.63, 3.8) is 0 Å². The van der Waals surface area contributed by atoms with E-state index in [1.54, 1.807) is 0 Å². The number of rotatable bonds is 0. The average Bonchev–Trinajstić information content (AvgIpc) is 3.86. The summed E-state index contributed by atoms with van der Waals surface area (Å²) in [5.41, 5.74) is 14.9. The van der Waals surface area contributed by atoms with E-state index in [9.17, 15) is 0 Å². The second-order valence-corrected chi connectivity index (χ2v) is 20.4. The number of benzene rings is 14. The molecule has 0 atom stereocenters. The van der Waals surface area contributed by atoms with Gasteiger partial charge in [-0.2, -0.15) is 0 Å². The normalized spacial score (nSPS) is 10.8. The van der Waals surface area contributed by atoms with Crippen molar-refractivity contribution >= 4 is 75.4 Å². The molecule has 0 unspecified atom stereocenters. The van der Waals surface area contributed by atoms with E-state index in [0.717, 1.165) is 0 Å². The number of hydrogen-bond donors (Lipinski definition) is 0. The van der Waals surface area contributed by atoms with Crippen LogP contribution in [0.2, 0.25) is 0 Å². The molecule has 1 aliphatic rings. The molecule has 0 saturated heterocycles. The third kappa shape index (κ3) is 11.6. The van der Waals surface area contributed by atoms with Gasteiger partial charge in [0.25, 0.3) is 0 Å². The van der Waals surface area contributed by atoms with Gasteiger partial charge in [-0.1, -0.05) is 284 Å². The first-order valence-electron chi connectivity index (χ1n) is 26.9. The smallest absolute Gasteiger partial charge is 0.00237 e. The largest absolute Gasteiger partial charge is 0.0616 e. The molecule has 0 heteroatoms. The highest BCUT2D eigenvalue weighted by molar-refractivity contribution is 6.16. The van der Waals surface area contributed by atoms with E-state index in [-0.39, 0.29) is 0 Å². The van der Waals surface area contributed by atoms with E-state index >= 15 is 0 Å². The van der Waals surface area contributed by atoms with Crippen LogP contribution in [0.5, 0.6) is 0 Å². The number of fused-ring (bicyclic) bond motifs is 10. The summed E-state index contributed by atoms with van der Waals surface area (Å²) >= 11 is 0. The quantitative estimate of drug-likeness (QED) is 0.105. The van der Waals surface area contributed by atoms with Crippen molar-refractivity contribution in [2.24, 2.45) is 0 Å². The molecule has 374 valence electrons. The molecule has 0 N–H and O–H groups in total. The molecule has 14 aromatic rings. The summed E-state index contributed by atoms with van der Waals surface area (Å²) < 4.78 is 0. The number of hydrogen-bond acceptors (Lipinski definition) is 0. The van der Waals surface area contributed by atoms with Gasteiger partial charge in [-0.05, 0) is 174 Å². The van der Waals surface area contributed by atoms with Crippen molar-refractivity contribution < 1.29 is 0 Å². The highest BCUT2D eigenvalue weighted by Gasteiger charge is 2.20. The molecule has 77 heavy (non-hydrogen) atoms. The zero-order chi connectivity index (χ0) is 53.3. The first-order valence-corrected chi connectivity index (χ1v) is 26.9. The Bertz CT molecular complexity index is 4210. The van der Waals surface area contributed by atoms with Gasteiger partial charge in [-0.15, -0.1) is 0 Å². The van der Waals surface area contributed by atoms with Gasteiger partial charge in [-0.3, -0.25) is 0 Å². The lowest BCUT2D eigenvalue weighted by Gasteiger charge is -2.06. The fourth-order valence-electron chi connectivity index (χ4n) is 10.8. The molecule has 0 aliphatic heterocycles. The predicted molar refractivity (Wildman–Crippen MR) is 339 cm³/mol. The molecule has 0 amide bonds. The summed E-state index contributed by atoms with van der Waals surface area (Å²) in [6.07, 6.45) is 0. The maximum absolute atomic E-state index is 2.26. The average molecular weight is 991 g/mol. The second kappa shape index (κ2) is 23.6. The minimum absolute atomic E-state index is 1.32. The highest BCUT2D eigenvalue weighted by Crippen LogP contribution is 2.47. The first kappa shape index (κ1) is 51.4. The lowest BCUT2D eigenvalue weighted by molar-refractivity contribution is 1.40. The Labute approximate surface area is 455 Å². The van der Waals surface area contributed by atoms with Crippen LogP contribution in [-0.2, 0) is 0 Å². The van der Waals surface area contributed by atoms with E-state index in [1.165, 1.54) is 137 Å². The van der Waals surface area contributed by atoms with Gasteiger partial charge >= 0.3 is 0 Å². The molecule has 0 spiro atoms. The monoisotopic (exact) mass is 991 g/mol.